The van der Waals surface area contributed by atoms with Gasteiger partial charge in [0.25, 0.3) is 5.91 Å². The molecular weight excluding hydrogens is 399 g/mol. The van der Waals surface area contributed by atoms with Crippen molar-refractivity contribution in [1.82, 2.24) is 9.47 Å². The quantitative estimate of drug-likeness (QED) is 0.714. The molecule has 1 aromatic carbocycles. The number of hydrogen-bond donors (Lipinski definition) is 1. The van der Waals surface area contributed by atoms with Gasteiger partial charge in [-0.3, -0.25) is 15.1 Å². The topological polar surface area (TPSA) is 61.5 Å². The molecule has 0 bridgehead atoms. The Morgan fingerprint density at radius 2 is 1.86 bits per heavy atom. The number of benzene rings is 1. The van der Waals surface area contributed by atoms with Crippen LogP contribution in [0, 0.1) is 25.1 Å². The molecule has 3 heterocycles. The summed E-state index contributed by atoms with van der Waals surface area (Å²) in [6.07, 6.45) is 1.71. The number of amides is 1. The lowest BCUT2D eigenvalue weighted by molar-refractivity contribution is -0.114. The van der Waals surface area contributed by atoms with Crippen LogP contribution in [-0.2, 0) is 4.79 Å². The molecule has 2 aliphatic heterocycles. The van der Waals surface area contributed by atoms with Gasteiger partial charge in [-0.2, -0.15) is 4.99 Å². The van der Waals surface area contributed by atoms with Gasteiger partial charge in [0, 0.05) is 22.8 Å². The molecule has 0 saturated carbocycles. The highest BCUT2D eigenvalue weighted by atomic mass is 35.5. The Labute approximate surface area is 172 Å². The van der Waals surface area contributed by atoms with E-state index >= 15 is 0 Å². The molecule has 0 radical (unpaired) electrons. The highest BCUT2D eigenvalue weighted by molar-refractivity contribution is 8.16. The van der Waals surface area contributed by atoms with Crippen molar-refractivity contribution in [2.45, 2.75) is 20.8 Å². The predicted molar refractivity (Wildman–Crippen MR) is 114 cm³/mol. The first-order valence-electron chi connectivity index (χ1n) is 8.39. The molecular formula is C20H18ClFN4OS. The second-order valence-corrected chi connectivity index (χ2v) is 7.29. The van der Waals surface area contributed by atoms with Gasteiger partial charge in [0.05, 0.1) is 5.57 Å². The summed E-state index contributed by atoms with van der Waals surface area (Å²) in [5.74, 6) is -0.561. The van der Waals surface area contributed by atoms with Crippen molar-refractivity contribution in [3.63, 3.8) is 0 Å². The zero-order chi connectivity index (χ0) is 19.3. The fraction of sp³-hybridized carbons (Fsp3) is 0.150. The van der Waals surface area contributed by atoms with Gasteiger partial charge in [0.15, 0.2) is 5.17 Å². The van der Waals surface area contributed by atoms with Gasteiger partial charge in [0.2, 0.25) is 0 Å². The summed E-state index contributed by atoms with van der Waals surface area (Å²) in [7, 11) is 0. The monoisotopic (exact) mass is 416 g/mol. The summed E-state index contributed by atoms with van der Waals surface area (Å²) in [6, 6.07) is 8.22. The number of carbonyl (C=O) groups excluding carboxylic acids is 1. The number of allylic oxidation sites excluding steroid dienone is 1. The number of rotatable bonds is 2. The molecule has 0 aliphatic carbocycles. The van der Waals surface area contributed by atoms with E-state index in [1.165, 1.54) is 23.9 Å². The molecule has 0 saturated heterocycles. The van der Waals surface area contributed by atoms with Gasteiger partial charge in [0.1, 0.15) is 11.7 Å². The molecule has 0 fully saturated rings. The van der Waals surface area contributed by atoms with Gasteiger partial charge in [-0.25, -0.2) is 4.39 Å². The van der Waals surface area contributed by atoms with Crippen molar-refractivity contribution in [1.29, 1.82) is 5.41 Å². The second kappa shape index (κ2) is 7.41. The Bertz CT molecular complexity index is 1080. The number of fused-ring (bicyclic) bond motifs is 1. The third-order valence-electron chi connectivity index (χ3n) is 4.64. The van der Waals surface area contributed by atoms with Crippen molar-refractivity contribution in [2.24, 2.45) is 4.99 Å². The first kappa shape index (κ1) is 20.1. The SMILES string of the molecule is CC1=CSC2=NC(=O)C(=Cc3cc(C)n(-c4ccc(F)cc4)c3C)C(=N)N12.Cl. The highest BCUT2D eigenvalue weighted by Gasteiger charge is 2.34. The van der Waals surface area contributed by atoms with E-state index in [0.29, 0.717) is 5.17 Å². The molecule has 28 heavy (non-hydrogen) atoms. The molecule has 5 nitrogen and oxygen atoms in total. The Balaban J connectivity index is 0.00000225. The molecule has 0 spiro atoms. The number of amidine groups is 2. The molecule has 2 aliphatic rings. The van der Waals surface area contributed by atoms with E-state index in [4.69, 9.17) is 5.41 Å². The number of halogens is 2. The maximum Gasteiger partial charge on any atom is 0.283 e. The van der Waals surface area contributed by atoms with Crippen LogP contribution in [0.1, 0.15) is 23.9 Å². The van der Waals surface area contributed by atoms with Gasteiger partial charge in [-0.15, -0.1) is 12.4 Å². The lowest BCUT2D eigenvalue weighted by atomic mass is 10.1. The van der Waals surface area contributed by atoms with Gasteiger partial charge < -0.3 is 4.57 Å². The standard InChI is InChI=1S/C20H17FN4OS.ClH/c1-11-8-14(13(3)24(11)16-6-4-15(21)5-7-16)9-17-18(22)25-12(2)10-27-20(25)23-19(17)26;/h4-10,22H,1-3H3;1H. The minimum absolute atomic E-state index is 0. The Hall–Kier alpha value is -2.64. The van der Waals surface area contributed by atoms with E-state index in [-0.39, 0.29) is 29.6 Å². The van der Waals surface area contributed by atoms with Gasteiger partial charge in [-0.05, 0) is 68.2 Å². The number of aryl methyl sites for hydroxylation is 1. The van der Waals surface area contributed by atoms with Crippen molar-refractivity contribution in [3.8, 4) is 5.69 Å². The fourth-order valence-electron chi connectivity index (χ4n) is 3.32. The van der Waals surface area contributed by atoms with Crippen LogP contribution < -0.4 is 0 Å². The van der Waals surface area contributed by atoms with Crippen LogP contribution in [0.15, 0.2) is 52.0 Å². The molecule has 0 atom stereocenters. The summed E-state index contributed by atoms with van der Waals surface area (Å²) in [6.45, 7) is 5.77. The lowest BCUT2D eigenvalue weighted by Gasteiger charge is -2.25. The highest BCUT2D eigenvalue weighted by Crippen LogP contribution is 2.32. The zero-order valence-corrected chi connectivity index (χ0v) is 17.1. The van der Waals surface area contributed by atoms with Crippen LogP contribution in [0.2, 0.25) is 0 Å². The average Bonchev–Trinajstić information content (AvgIpc) is 3.12. The number of nitrogens with zero attached hydrogens (tertiary/aromatic N) is 3. The Kier molecular flexibility index (Phi) is 5.32. The molecule has 0 unspecified atom stereocenters. The zero-order valence-electron chi connectivity index (χ0n) is 15.5. The van der Waals surface area contributed by atoms with E-state index in [1.54, 1.807) is 23.1 Å². The molecule has 8 heteroatoms. The third-order valence-corrected chi connectivity index (χ3v) is 5.58. The largest absolute Gasteiger partial charge is 0.318 e. The van der Waals surface area contributed by atoms with E-state index in [1.807, 2.05) is 36.8 Å². The van der Waals surface area contributed by atoms with Crippen LogP contribution in [0.4, 0.5) is 4.39 Å². The van der Waals surface area contributed by atoms with E-state index in [9.17, 15) is 9.18 Å². The predicted octanol–water partition coefficient (Wildman–Crippen LogP) is 4.82. The van der Waals surface area contributed by atoms with Crippen LogP contribution in [-0.4, -0.2) is 26.4 Å². The lowest BCUT2D eigenvalue weighted by Crippen LogP contribution is -2.37. The summed E-state index contributed by atoms with van der Waals surface area (Å²) in [4.78, 5) is 18.2. The first-order valence-corrected chi connectivity index (χ1v) is 9.27. The van der Waals surface area contributed by atoms with Crippen LogP contribution >= 0.6 is 24.2 Å². The van der Waals surface area contributed by atoms with Crippen molar-refractivity contribution in [3.05, 3.63) is 69.8 Å². The van der Waals surface area contributed by atoms with E-state index in [0.717, 1.165) is 28.3 Å². The molecule has 2 aromatic rings. The second-order valence-electron chi connectivity index (χ2n) is 6.46. The smallest absolute Gasteiger partial charge is 0.283 e. The van der Waals surface area contributed by atoms with E-state index < -0.39 is 5.91 Å². The summed E-state index contributed by atoms with van der Waals surface area (Å²) >= 11 is 1.35. The minimum Gasteiger partial charge on any atom is -0.318 e. The van der Waals surface area contributed by atoms with Crippen LogP contribution in [0.3, 0.4) is 0 Å². The molecule has 144 valence electrons. The van der Waals surface area contributed by atoms with Gasteiger partial charge >= 0.3 is 0 Å². The van der Waals surface area contributed by atoms with Crippen molar-refractivity contribution in [2.75, 3.05) is 0 Å². The normalized spacial score (nSPS) is 17.4. The number of hydrogen-bond acceptors (Lipinski definition) is 3. The minimum atomic E-state index is -0.409. The molecule has 4 rings (SSSR count). The summed E-state index contributed by atoms with van der Waals surface area (Å²) in [5, 5.41) is 10.9. The summed E-state index contributed by atoms with van der Waals surface area (Å²) in [5.41, 5.74) is 4.67. The number of aromatic nitrogens is 1. The fourth-order valence-corrected chi connectivity index (χ4v) is 4.18. The third kappa shape index (κ3) is 3.21. The summed E-state index contributed by atoms with van der Waals surface area (Å²) < 4.78 is 15.2. The maximum absolute atomic E-state index is 13.2. The molecule has 1 aromatic heterocycles. The maximum atomic E-state index is 13.2. The molecule has 1 amide bonds. The van der Waals surface area contributed by atoms with E-state index in [2.05, 4.69) is 4.99 Å². The van der Waals surface area contributed by atoms with Crippen LogP contribution in [0.25, 0.3) is 11.8 Å². The van der Waals surface area contributed by atoms with Crippen molar-refractivity contribution < 1.29 is 9.18 Å². The first-order chi connectivity index (χ1) is 12.9. The number of aliphatic imine (C=N–C) groups is 1. The Morgan fingerprint density at radius 1 is 1.18 bits per heavy atom. The van der Waals surface area contributed by atoms with Crippen molar-refractivity contribution >= 4 is 47.2 Å². The number of carbonyl (C=O) groups is 1. The van der Waals surface area contributed by atoms with Crippen LogP contribution in [0.5, 0.6) is 0 Å². The average molecular weight is 417 g/mol. The Morgan fingerprint density at radius 3 is 2.54 bits per heavy atom. The number of thioether (sulfide) groups is 1. The van der Waals surface area contributed by atoms with Gasteiger partial charge in [-0.1, -0.05) is 11.8 Å². The molecule has 1 N–H and O–H groups in total. The number of nitrogens with one attached hydrogen (secondary N) is 1.